The Bertz CT molecular complexity index is 558. The molecule has 1 atom stereocenters. The van der Waals surface area contributed by atoms with E-state index in [1.165, 1.54) is 4.88 Å². The van der Waals surface area contributed by atoms with Gasteiger partial charge in [0, 0.05) is 16.6 Å². The number of benzene rings is 1. The second kappa shape index (κ2) is 6.87. The molecular weight excluding hydrogens is 280 g/mol. The van der Waals surface area contributed by atoms with E-state index in [2.05, 4.69) is 42.9 Å². The number of rotatable bonds is 5. The number of amides is 1. The number of thiophene rings is 1. The SMILES string of the molecule is CC(C)(C)C(NCC(=O)Nc1ccccc1)c1cccs1. The van der Waals surface area contributed by atoms with Gasteiger partial charge in [-0.3, -0.25) is 4.79 Å². The average molecular weight is 302 g/mol. The van der Waals surface area contributed by atoms with Crippen LogP contribution in [0.1, 0.15) is 31.7 Å². The van der Waals surface area contributed by atoms with Gasteiger partial charge in [-0.25, -0.2) is 0 Å². The first-order valence-corrected chi connectivity index (χ1v) is 7.96. The maximum absolute atomic E-state index is 12.0. The minimum atomic E-state index is -0.0213. The monoisotopic (exact) mass is 302 g/mol. The normalized spacial score (nSPS) is 12.9. The van der Waals surface area contributed by atoms with Crippen molar-refractivity contribution in [3.8, 4) is 0 Å². The molecule has 1 amide bonds. The van der Waals surface area contributed by atoms with Crippen LogP contribution in [0.5, 0.6) is 0 Å². The van der Waals surface area contributed by atoms with E-state index in [4.69, 9.17) is 0 Å². The van der Waals surface area contributed by atoms with Gasteiger partial charge >= 0.3 is 0 Å². The number of hydrogen-bond acceptors (Lipinski definition) is 3. The standard InChI is InChI=1S/C17H22N2OS/c1-17(2,3)16(14-10-7-11-21-14)18-12-15(20)19-13-8-5-4-6-9-13/h4-11,16,18H,12H2,1-3H3,(H,19,20). The van der Waals surface area contributed by atoms with Crippen LogP contribution in [0.3, 0.4) is 0 Å². The summed E-state index contributed by atoms with van der Waals surface area (Å²) in [6, 6.07) is 13.8. The van der Waals surface area contributed by atoms with Crippen LogP contribution in [0.2, 0.25) is 0 Å². The van der Waals surface area contributed by atoms with Gasteiger partial charge in [-0.1, -0.05) is 45.0 Å². The number of anilines is 1. The molecule has 0 spiro atoms. The molecule has 21 heavy (non-hydrogen) atoms. The number of hydrogen-bond donors (Lipinski definition) is 2. The lowest BCUT2D eigenvalue weighted by molar-refractivity contribution is -0.115. The molecule has 2 aromatic rings. The van der Waals surface area contributed by atoms with Gasteiger partial charge < -0.3 is 10.6 Å². The molecule has 3 nitrogen and oxygen atoms in total. The number of para-hydroxylation sites is 1. The molecular formula is C17H22N2OS. The number of carbonyl (C=O) groups excluding carboxylic acids is 1. The van der Waals surface area contributed by atoms with E-state index in [1.807, 2.05) is 36.4 Å². The summed E-state index contributed by atoms with van der Waals surface area (Å²) in [7, 11) is 0. The predicted octanol–water partition coefficient (Wildman–Crippen LogP) is 4.06. The van der Waals surface area contributed by atoms with Crippen molar-refractivity contribution >= 4 is 22.9 Å². The predicted molar refractivity (Wildman–Crippen MR) is 89.6 cm³/mol. The van der Waals surface area contributed by atoms with E-state index in [-0.39, 0.29) is 17.4 Å². The molecule has 0 aliphatic rings. The highest BCUT2D eigenvalue weighted by molar-refractivity contribution is 7.10. The fourth-order valence-corrected chi connectivity index (χ4v) is 3.25. The van der Waals surface area contributed by atoms with Gasteiger partial charge in [0.15, 0.2) is 0 Å². The summed E-state index contributed by atoms with van der Waals surface area (Å²) >= 11 is 1.72. The van der Waals surface area contributed by atoms with Gasteiger partial charge in [0.25, 0.3) is 0 Å². The largest absolute Gasteiger partial charge is 0.325 e. The summed E-state index contributed by atoms with van der Waals surface area (Å²) in [6.07, 6.45) is 0. The Balaban J connectivity index is 1.95. The van der Waals surface area contributed by atoms with E-state index < -0.39 is 0 Å². The van der Waals surface area contributed by atoms with Crippen LogP contribution in [-0.2, 0) is 4.79 Å². The van der Waals surface area contributed by atoms with Crippen molar-refractivity contribution in [2.75, 3.05) is 11.9 Å². The van der Waals surface area contributed by atoms with Crippen LogP contribution in [0, 0.1) is 5.41 Å². The topological polar surface area (TPSA) is 41.1 Å². The van der Waals surface area contributed by atoms with Gasteiger partial charge in [-0.2, -0.15) is 0 Å². The number of nitrogens with one attached hydrogen (secondary N) is 2. The molecule has 0 saturated carbocycles. The highest BCUT2D eigenvalue weighted by Gasteiger charge is 2.27. The second-order valence-electron chi connectivity index (χ2n) is 6.11. The molecule has 112 valence electrons. The molecule has 4 heteroatoms. The molecule has 0 saturated heterocycles. The Hall–Kier alpha value is -1.65. The highest BCUT2D eigenvalue weighted by atomic mass is 32.1. The Morgan fingerprint density at radius 2 is 1.86 bits per heavy atom. The minimum Gasteiger partial charge on any atom is -0.325 e. The van der Waals surface area contributed by atoms with Gasteiger partial charge in [-0.15, -0.1) is 11.3 Å². The Morgan fingerprint density at radius 3 is 2.43 bits per heavy atom. The zero-order valence-electron chi connectivity index (χ0n) is 12.7. The van der Waals surface area contributed by atoms with Crippen LogP contribution < -0.4 is 10.6 Å². The van der Waals surface area contributed by atoms with E-state index >= 15 is 0 Å². The molecule has 0 aliphatic heterocycles. The van der Waals surface area contributed by atoms with E-state index in [0.29, 0.717) is 6.54 Å². The minimum absolute atomic E-state index is 0.0213. The molecule has 1 unspecified atom stereocenters. The first-order valence-electron chi connectivity index (χ1n) is 7.08. The fraction of sp³-hybridized carbons (Fsp3) is 0.353. The summed E-state index contributed by atoms with van der Waals surface area (Å²) in [5.41, 5.74) is 0.880. The van der Waals surface area contributed by atoms with Crippen LogP contribution in [0.25, 0.3) is 0 Å². The van der Waals surface area contributed by atoms with Crippen LogP contribution >= 0.6 is 11.3 Å². The first-order chi connectivity index (χ1) is 9.97. The molecule has 2 N–H and O–H groups in total. The quantitative estimate of drug-likeness (QED) is 0.874. The maximum Gasteiger partial charge on any atom is 0.238 e. The lowest BCUT2D eigenvalue weighted by Gasteiger charge is -2.30. The molecule has 1 aromatic heterocycles. The Morgan fingerprint density at radius 1 is 1.14 bits per heavy atom. The van der Waals surface area contributed by atoms with Crippen LogP contribution in [0.4, 0.5) is 5.69 Å². The third kappa shape index (κ3) is 4.69. The zero-order chi connectivity index (χ0) is 15.3. The molecule has 0 radical (unpaired) electrons. The zero-order valence-corrected chi connectivity index (χ0v) is 13.5. The first kappa shape index (κ1) is 15.7. The van der Waals surface area contributed by atoms with Gasteiger partial charge in [-0.05, 0) is 29.0 Å². The van der Waals surface area contributed by atoms with Crippen LogP contribution in [0.15, 0.2) is 47.8 Å². The highest BCUT2D eigenvalue weighted by Crippen LogP contribution is 2.34. The Labute approximate surface area is 130 Å². The van der Waals surface area contributed by atoms with E-state index in [1.54, 1.807) is 11.3 Å². The van der Waals surface area contributed by atoms with E-state index in [0.717, 1.165) is 5.69 Å². The van der Waals surface area contributed by atoms with Crippen molar-refractivity contribution in [1.29, 1.82) is 0 Å². The molecule has 0 aliphatic carbocycles. The van der Waals surface area contributed by atoms with Crippen molar-refractivity contribution in [3.05, 3.63) is 52.7 Å². The molecule has 0 fully saturated rings. The lowest BCUT2D eigenvalue weighted by atomic mass is 9.86. The number of carbonyl (C=O) groups is 1. The van der Waals surface area contributed by atoms with Crippen molar-refractivity contribution in [2.45, 2.75) is 26.8 Å². The molecule has 2 rings (SSSR count). The summed E-state index contributed by atoms with van der Waals surface area (Å²) < 4.78 is 0. The smallest absolute Gasteiger partial charge is 0.238 e. The van der Waals surface area contributed by atoms with E-state index in [9.17, 15) is 4.79 Å². The molecule has 1 heterocycles. The van der Waals surface area contributed by atoms with Crippen molar-refractivity contribution in [2.24, 2.45) is 5.41 Å². The summed E-state index contributed by atoms with van der Waals surface area (Å²) in [5, 5.41) is 8.35. The van der Waals surface area contributed by atoms with Crippen molar-refractivity contribution in [1.82, 2.24) is 5.32 Å². The summed E-state index contributed by atoms with van der Waals surface area (Å²) in [6.45, 7) is 6.84. The third-order valence-corrected chi connectivity index (χ3v) is 4.16. The van der Waals surface area contributed by atoms with Crippen molar-refractivity contribution in [3.63, 3.8) is 0 Å². The average Bonchev–Trinajstić information content (AvgIpc) is 2.92. The van der Waals surface area contributed by atoms with Crippen LogP contribution in [-0.4, -0.2) is 12.5 Å². The second-order valence-corrected chi connectivity index (χ2v) is 7.09. The molecule has 0 bridgehead atoms. The summed E-state index contributed by atoms with van der Waals surface area (Å²) in [4.78, 5) is 13.3. The third-order valence-electron chi connectivity index (χ3n) is 3.22. The van der Waals surface area contributed by atoms with Gasteiger partial charge in [0.1, 0.15) is 0 Å². The Kier molecular flexibility index (Phi) is 5.15. The van der Waals surface area contributed by atoms with Gasteiger partial charge in [0.05, 0.1) is 6.54 Å². The fourth-order valence-electron chi connectivity index (χ4n) is 2.21. The molecule has 1 aromatic carbocycles. The van der Waals surface area contributed by atoms with Gasteiger partial charge in [0.2, 0.25) is 5.91 Å². The summed E-state index contributed by atoms with van der Waals surface area (Å²) in [5.74, 6) is -0.0213. The van der Waals surface area contributed by atoms with Crippen molar-refractivity contribution < 1.29 is 4.79 Å². The maximum atomic E-state index is 12.0. The lowest BCUT2D eigenvalue weighted by Crippen LogP contribution is -2.37.